The molecule has 0 fully saturated rings. The van der Waals surface area contributed by atoms with Crippen LogP contribution in [0.3, 0.4) is 0 Å². The molecule has 0 saturated heterocycles. The highest BCUT2D eigenvalue weighted by Crippen LogP contribution is 2.23. The van der Waals surface area contributed by atoms with Crippen LogP contribution in [-0.4, -0.2) is 20.9 Å². The summed E-state index contributed by atoms with van der Waals surface area (Å²) in [5, 5.41) is 8.03. The average Bonchev–Trinajstić information content (AvgIpc) is 2.35. The van der Waals surface area contributed by atoms with E-state index in [1.54, 1.807) is 0 Å². The second-order valence-electron chi connectivity index (χ2n) is 4.58. The maximum absolute atomic E-state index is 12.1. The minimum atomic E-state index is -3.91. The maximum Gasteiger partial charge on any atom is 0.251 e. The third-order valence-electron chi connectivity index (χ3n) is 2.94. The van der Waals surface area contributed by atoms with E-state index in [-0.39, 0.29) is 21.4 Å². The van der Waals surface area contributed by atoms with Crippen molar-refractivity contribution in [1.29, 1.82) is 0 Å². The Morgan fingerprint density at radius 3 is 2.55 bits per heavy atom. The van der Waals surface area contributed by atoms with Gasteiger partial charge in [-0.25, -0.2) is 13.6 Å². The van der Waals surface area contributed by atoms with Crippen LogP contribution in [-0.2, 0) is 10.0 Å². The van der Waals surface area contributed by atoms with E-state index in [2.05, 4.69) is 12.2 Å². The standard InChI is InChI=1S/C13H19ClN2O3S/c1-3-4-5-6-16-13(17)11-7-10(14)8-12(9(11)2)20(15,18)19/h7-8H,3-6H2,1-2H3,(H,16,17)(H2,15,18,19). The zero-order valence-electron chi connectivity index (χ0n) is 11.6. The van der Waals surface area contributed by atoms with E-state index in [1.807, 2.05) is 0 Å². The van der Waals surface area contributed by atoms with Crippen molar-refractivity contribution in [2.45, 2.75) is 38.0 Å². The van der Waals surface area contributed by atoms with Gasteiger partial charge in [-0.3, -0.25) is 4.79 Å². The summed E-state index contributed by atoms with van der Waals surface area (Å²) >= 11 is 5.86. The molecule has 0 aliphatic carbocycles. The number of hydrogen-bond acceptors (Lipinski definition) is 3. The number of nitrogens with two attached hydrogens (primary N) is 1. The monoisotopic (exact) mass is 318 g/mol. The molecule has 7 heteroatoms. The first-order chi connectivity index (χ1) is 9.27. The summed E-state index contributed by atoms with van der Waals surface area (Å²) in [5.41, 5.74) is 0.544. The topological polar surface area (TPSA) is 89.3 Å². The van der Waals surface area contributed by atoms with Crippen LogP contribution >= 0.6 is 11.6 Å². The number of carbonyl (C=O) groups is 1. The Morgan fingerprint density at radius 1 is 1.35 bits per heavy atom. The predicted octanol–water partition coefficient (Wildman–Crippen LogP) is 2.22. The van der Waals surface area contributed by atoms with Crippen molar-refractivity contribution in [2.24, 2.45) is 5.14 Å². The van der Waals surface area contributed by atoms with Gasteiger partial charge in [0, 0.05) is 17.1 Å². The lowest BCUT2D eigenvalue weighted by atomic mass is 10.1. The summed E-state index contributed by atoms with van der Waals surface area (Å²) < 4.78 is 22.9. The van der Waals surface area contributed by atoms with Crippen molar-refractivity contribution in [3.63, 3.8) is 0 Å². The van der Waals surface area contributed by atoms with Crippen LogP contribution in [0.4, 0.5) is 0 Å². The van der Waals surface area contributed by atoms with Gasteiger partial charge in [-0.05, 0) is 31.0 Å². The molecule has 0 aliphatic rings. The molecule has 0 aliphatic heterocycles. The van der Waals surface area contributed by atoms with Crippen molar-refractivity contribution in [2.75, 3.05) is 6.54 Å². The lowest BCUT2D eigenvalue weighted by Crippen LogP contribution is -2.26. The summed E-state index contributed by atoms with van der Waals surface area (Å²) in [6.45, 7) is 4.15. The number of hydrogen-bond donors (Lipinski definition) is 2. The SMILES string of the molecule is CCCCCNC(=O)c1cc(Cl)cc(S(N)(=O)=O)c1C. The Labute approximate surface area is 124 Å². The van der Waals surface area contributed by atoms with Gasteiger partial charge in [0.1, 0.15) is 0 Å². The molecule has 0 bridgehead atoms. The summed E-state index contributed by atoms with van der Waals surface area (Å²) in [5.74, 6) is -0.342. The Kier molecular flexibility index (Phi) is 5.98. The first-order valence-electron chi connectivity index (χ1n) is 6.38. The van der Waals surface area contributed by atoms with E-state index in [9.17, 15) is 13.2 Å². The molecular formula is C13H19ClN2O3S. The molecule has 0 radical (unpaired) electrons. The first-order valence-corrected chi connectivity index (χ1v) is 8.31. The minimum Gasteiger partial charge on any atom is -0.352 e. The van der Waals surface area contributed by atoms with E-state index in [1.165, 1.54) is 19.1 Å². The highest BCUT2D eigenvalue weighted by Gasteiger charge is 2.19. The van der Waals surface area contributed by atoms with E-state index in [0.717, 1.165) is 19.3 Å². The van der Waals surface area contributed by atoms with Crippen LogP contribution in [0.15, 0.2) is 17.0 Å². The van der Waals surface area contributed by atoms with Crippen molar-refractivity contribution in [1.82, 2.24) is 5.32 Å². The van der Waals surface area contributed by atoms with Crippen molar-refractivity contribution in [3.05, 3.63) is 28.3 Å². The molecule has 112 valence electrons. The fraction of sp³-hybridized carbons (Fsp3) is 0.462. The second-order valence-corrected chi connectivity index (χ2v) is 6.55. The number of halogens is 1. The summed E-state index contributed by atoms with van der Waals surface area (Å²) in [6, 6.07) is 2.70. The third-order valence-corrected chi connectivity index (χ3v) is 4.20. The molecular weight excluding hydrogens is 300 g/mol. The van der Waals surface area contributed by atoms with Crippen LogP contribution in [0, 0.1) is 6.92 Å². The Morgan fingerprint density at radius 2 is 2.00 bits per heavy atom. The van der Waals surface area contributed by atoms with Gasteiger partial charge in [-0.1, -0.05) is 31.4 Å². The summed E-state index contributed by atoms with van der Waals surface area (Å²) in [6.07, 6.45) is 2.96. The molecule has 0 heterocycles. The van der Waals surface area contributed by atoms with Gasteiger partial charge in [0.2, 0.25) is 10.0 Å². The van der Waals surface area contributed by atoms with Crippen LogP contribution in [0.1, 0.15) is 42.1 Å². The molecule has 0 saturated carbocycles. The van der Waals surface area contributed by atoms with Crippen molar-refractivity contribution >= 4 is 27.5 Å². The van der Waals surface area contributed by atoms with E-state index in [4.69, 9.17) is 16.7 Å². The van der Waals surface area contributed by atoms with Gasteiger partial charge < -0.3 is 5.32 Å². The number of primary sulfonamides is 1. The van der Waals surface area contributed by atoms with Crippen LogP contribution in [0.5, 0.6) is 0 Å². The maximum atomic E-state index is 12.1. The van der Waals surface area contributed by atoms with Crippen LogP contribution in [0.25, 0.3) is 0 Å². The highest BCUT2D eigenvalue weighted by atomic mass is 35.5. The number of nitrogens with one attached hydrogen (secondary N) is 1. The average molecular weight is 319 g/mol. The van der Waals surface area contributed by atoms with Crippen LogP contribution in [0.2, 0.25) is 5.02 Å². The highest BCUT2D eigenvalue weighted by molar-refractivity contribution is 7.89. The smallest absolute Gasteiger partial charge is 0.251 e. The Bertz CT molecular complexity index is 600. The van der Waals surface area contributed by atoms with E-state index >= 15 is 0 Å². The zero-order valence-corrected chi connectivity index (χ0v) is 13.1. The fourth-order valence-corrected chi connectivity index (χ4v) is 2.97. The van der Waals surface area contributed by atoms with Crippen LogP contribution < -0.4 is 10.5 Å². The van der Waals surface area contributed by atoms with E-state index in [0.29, 0.717) is 12.1 Å². The van der Waals surface area contributed by atoms with Gasteiger partial charge in [-0.2, -0.15) is 0 Å². The zero-order chi connectivity index (χ0) is 15.3. The van der Waals surface area contributed by atoms with Gasteiger partial charge in [-0.15, -0.1) is 0 Å². The number of unbranched alkanes of at least 4 members (excludes halogenated alkanes) is 2. The molecule has 20 heavy (non-hydrogen) atoms. The quantitative estimate of drug-likeness (QED) is 0.788. The fourth-order valence-electron chi connectivity index (χ4n) is 1.86. The first kappa shape index (κ1) is 16.9. The third kappa shape index (κ3) is 4.47. The van der Waals surface area contributed by atoms with E-state index < -0.39 is 10.0 Å². The van der Waals surface area contributed by atoms with Crippen molar-refractivity contribution in [3.8, 4) is 0 Å². The molecule has 1 rings (SSSR count). The largest absolute Gasteiger partial charge is 0.352 e. The molecule has 3 N–H and O–H groups in total. The Balaban J connectivity index is 3.01. The number of sulfonamides is 1. The molecule has 0 aromatic heterocycles. The Hall–Kier alpha value is -1.11. The van der Waals surface area contributed by atoms with Gasteiger partial charge >= 0.3 is 0 Å². The molecule has 0 unspecified atom stereocenters. The molecule has 1 aromatic rings. The molecule has 1 amide bonds. The van der Waals surface area contributed by atoms with Gasteiger partial charge in [0.15, 0.2) is 0 Å². The number of benzene rings is 1. The molecule has 0 atom stereocenters. The number of rotatable bonds is 6. The summed E-state index contributed by atoms with van der Waals surface area (Å²) in [4.78, 5) is 11.9. The van der Waals surface area contributed by atoms with Gasteiger partial charge in [0.25, 0.3) is 5.91 Å². The minimum absolute atomic E-state index is 0.122. The number of amides is 1. The van der Waals surface area contributed by atoms with Crippen molar-refractivity contribution < 1.29 is 13.2 Å². The van der Waals surface area contributed by atoms with Gasteiger partial charge in [0.05, 0.1) is 4.90 Å². The molecule has 1 aromatic carbocycles. The normalized spacial score (nSPS) is 11.4. The predicted molar refractivity (Wildman–Crippen MR) is 79.4 cm³/mol. The number of carbonyl (C=O) groups excluding carboxylic acids is 1. The summed E-state index contributed by atoms with van der Waals surface area (Å²) in [7, 11) is -3.91. The lowest BCUT2D eigenvalue weighted by molar-refractivity contribution is 0.0952. The lowest BCUT2D eigenvalue weighted by Gasteiger charge is -2.11. The second kappa shape index (κ2) is 7.06. The molecule has 0 spiro atoms. The molecule has 5 nitrogen and oxygen atoms in total.